The molecule has 2 aromatic carbocycles. The fourth-order valence-electron chi connectivity index (χ4n) is 3.29. The molecule has 1 aliphatic heterocycles. The maximum Gasteiger partial charge on any atom is 0.264 e. The standard InChI is InChI=1S/C20H24N2O3/c1-21(2)16-12-13-22(17-9-5-4-8-15(16)17)20(23)14-25-19-11-7-6-10-18(19)24-3/h4-11,16H,12-14H2,1-3H3. The lowest BCUT2D eigenvalue weighted by atomic mass is 9.95. The Balaban J connectivity index is 1.75. The minimum atomic E-state index is -0.0458. The molecule has 2 aromatic rings. The van der Waals surface area contributed by atoms with Crippen molar-refractivity contribution in [2.75, 3.05) is 39.3 Å². The molecule has 0 spiro atoms. The first kappa shape index (κ1) is 17.3. The Kier molecular flexibility index (Phi) is 5.24. The van der Waals surface area contributed by atoms with Crippen molar-refractivity contribution in [2.24, 2.45) is 0 Å². The number of ether oxygens (including phenoxy) is 2. The summed E-state index contributed by atoms with van der Waals surface area (Å²) in [4.78, 5) is 16.8. The van der Waals surface area contributed by atoms with E-state index in [1.54, 1.807) is 13.2 Å². The fraction of sp³-hybridized carbons (Fsp3) is 0.350. The van der Waals surface area contributed by atoms with E-state index in [1.807, 2.05) is 41.3 Å². The van der Waals surface area contributed by atoms with Crippen LogP contribution in [0, 0.1) is 0 Å². The average molecular weight is 340 g/mol. The van der Waals surface area contributed by atoms with E-state index >= 15 is 0 Å². The van der Waals surface area contributed by atoms with Gasteiger partial charge in [0.1, 0.15) is 0 Å². The summed E-state index contributed by atoms with van der Waals surface area (Å²) in [5.74, 6) is 1.16. The molecule has 0 radical (unpaired) electrons. The van der Waals surface area contributed by atoms with Gasteiger partial charge in [-0.3, -0.25) is 4.79 Å². The molecular formula is C20H24N2O3. The van der Waals surface area contributed by atoms with Crippen molar-refractivity contribution in [3.05, 3.63) is 54.1 Å². The Hall–Kier alpha value is -2.53. The first-order valence-electron chi connectivity index (χ1n) is 8.43. The molecule has 132 valence electrons. The molecule has 5 heteroatoms. The summed E-state index contributed by atoms with van der Waals surface area (Å²) in [5.41, 5.74) is 2.16. The highest BCUT2D eigenvalue weighted by Crippen LogP contribution is 2.36. The van der Waals surface area contributed by atoms with Crippen LogP contribution in [0.15, 0.2) is 48.5 Å². The van der Waals surface area contributed by atoms with E-state index in [4.69, 9.17) is 9.47 Å². The lowest BCUT2D eigenvalue weighted by Gasteiger charge is -2.37. The van der Waals surface area contributed by atoms with Gasteiger partial charge in [-0.25, -0.2) is 0 Å². The topological polar surface area (TPSA) is 42.0 Å². The second-order valence-corrected chi connectivity index (χ2v) is 6.31. The van der Waals surface area contributed by atoms with Crippen LogP contribution in [0.1, 0.15) is 18.0 Å². The molecule has 0 aromatic heterocycles. The largest absolute Gasteiger partial charge is 0.493 e. The Morgan fingerprint density at radius 2 is 1.80 bits per heavy atom. The van der Waals surface area contributed by atoms with Crippen LogP contribution in [0.2, 0.25) is 0 Å². The van der Waals surface area contributed by atoms with Crippen molar-refractivity contribution >= 4 is 11.6 Å². The van der Waals surface area contributed by atoms with Gasteiger partial charge in [0.15, 0.2) is 18.1 Å². The molecule has 0 N–H and O–H groups in total. The van der Waals surface area contributed by atoms with Gasteiger partial charge in [0, 0.05) is 18.3 Å². The molecular weight excluding hydrogens is 316 g/mol. The highest BCUT2D eigenvalue weighted by molar-refractivity contribution is 5.95. The molecule has 0 fully saturated rings. The van der Waals surface area contributed by atoms with E-state index in [9.17, 15) is 4.79 Å². The smallest absolute Gasteiger partial charge is 0.264 e. The van der Waals surface area contributed by atoms with Crippen molar-refractivity contribution in [1.82, 2.24) is 4.90 Å². The van der Waals surface area contributed by atoms with Crippen LogP contribution >= 0.6 is 0 Å². The zero-order valence-corrected chi connectivity index (χ0v) is 14.9. The lowest BCUT2D eigenvalue weighted by molar-refractivity contribution is -0.120. The molecule has 0 aliphatic carbocycles. The van der Waals surface area contributed by atoms with Crippen LogP contribution < -0.4 is 14.4 Å². The highest BCUT2D eigenvalue weighted by Gasteiger charge is 2.29. The summed E-state index contributed by atoms with van der Waals surface area (Å²) < 4.78 is 11.0. The second kappa shape index (κ2) is 7.57. The first-order chi connectivity index (χ1) is 12.1. The third kappa shape index (κ3) is 3.61. The summed E-state index contributed by atoms with van der Waals surface area (Å²) in [6, 6.07) is 15.8. The van der Waals surface area contributed by atoms with Crippen LogP contribution in [-0.2, 0) is 4.79 Å². The minimum absolute atomic E-state index is 0.0126. The van der Waals surface area contributed by atoms with Gasteiger partial charge < -0.3 is 19.3 Å². The Morgan fingerprint density at radius 3 is 2.52 bits per heavy atom. The number of nitrogens with zero attached hydrogens (tertiary/aromatic N) is 2. The fourth-order valence-corrected chi connectivity index (χ4v) is 3.29. The molecule has 25 heavy (non-hydrogen) atoms. The maximum atomic E-state index is 12.8. The number of rotatable bonds is 5. The van der Waals surface area contributed by atoms with Crippen LogP contribution in [0.4, 0.5) is 5.69 Å². The molecule has 1 atom stereocenters. The van der Waals surface area contributed by atoms with E-state index < -0.39 is 0 Å². The predicted octanol–water partition coefficient (Wildman–Crippen LogP) is 3.11. The van der Waals surface area contributed by atoms with Crippen molar-refractivity contribution in [1.29, 1.82) is 0 Å². The molecule has 0 saturated carbocycles. The van der Waals surface area contributed by atoms with E-state index in [1.165, 1.54) is 5.56 Å². The van der Waals surface area contributed by atoms with Crippen LogP contribution in [0.3, 0.4) is 0 Å². The predicted molar refractivity (Wildman–Crippen MR) is 98.3 cm³/mol. The van der Waals surface area contributed by atoms with Gasteiger partial charge in [0.2, 0.25) is 0 Å². The number of anilines is 1. The van der Waals surface area contributed by atoms with Crippen LogP contribution in [0.5, 0.6) is 11.5 Å². The van der Waals surface area contributed by atoms with Crippen molar-refractivity contribution in [3.63, 3.8) is 0 Å². The zero-order valence-electron chi connectivity index (χ0n) is 14.9. The zero-order chi connectivity index (χ0) is 17.8. The summed E-state index contributed by atoms with van der Waals surface area (Å²) in [6.07, 6.45) is 0.907. The molecule has 3 rings (SSSR count). The van der Waals surface area contributed by atoms with E-state index in [2.05, 4.69) is 25.1 Å². The number of hydrogen-bond acceptors (Lipinski definition) is 4. The number of fused-ring (bicyclic) bond motifs is 1. The van der Waals surface area contributed by atoms with E-state index in [0.717, 1.165) is 12.1 Å². The van der Waals surface area contributed by atoms with Gasteiger partial charge in [0.25, 0.3) is 5.91 Å². The number of benzene rings is 2. The monoisotopic (exact) mass is 340 g/mol. The summed E-state index contributed by atoms with van der Waals surface area (Å²) in [6.45, 7) is 0.676. The van der Waals surface area contributed by atoms with E-state index in [-0.39, 0.29) is 12.5 Å². The van der Waals surface area contributed by atoms with Crippen molar-refractivity contribution in [2.45, 2.75) is 12.5 Å². The number of para-hydroxylation sites is 3. The number of hydrogen-bond donors (Lipinski definition) is 0. The van der Waals surface area contributed by atoms with Gasteiger partial charge in [-0.15, -0.1) is 0 Å². The summed E-state index contributed by atoms with van der Waals surface area (Å²) >= 11 is 0. The normalized spacial score (nSPS) is 16.5. The lowest BCUT2D eigenvalue weighted by Crippen LogP contribution is -2.41. The van der Waals surface area contributed by atoms with Gasteiger partial charge in [-0.2, -0.15) is 0 Å². The number of amides is 1. The van der Waals surface area contributed by atoms with Gasteiger partial charge in [0.05, 0.1) is 7.11 Å². The number of carbonyl (C=O) groups is 1. The molecule has 0 bridgehead atoms. The summed E-state index contributed by atoms with van der Waals surface area (Å²) in [5, 5.41) is 0. The minimum Gasteiger partial charge on any atom is -0.493 e. The molecule has 5 nitrogen and oxygen atoms in total. The van der Waals surface area contributed by atoms with Crippen molar-refractivity contribution < 1.29 is 14.3 Å². The SMILES string of the molecule is COc1ccccc1OCC(=O)N1CCC(N(C)C)c2ccccc21. The van der Waals surface area contributed by atoms with E-state index in [0.29, 0.717) is 24.1 Å². The second-order valence-electron chi connectivity index (χ2n) is 6.31. The third-order valence-electron chi connectivity index (χ3n) is 4.56. The Bertz CT molecular complexity index is 745. The average Bonchev–Trinajstić information content (AvgIpc) is 2.65. The van der Waals surface area contributed by atoms with Gasteiger partial charge in [-0.05, 0) is 44.3 Å². The number of carbonyl (C=O) groups excluding carboxylic acids is 1. The Morgan fingerprint density at radius 1 is 1.12 bits per heavy atom. The first-order valence-corrected chi connectivity index (χ1v) is 8.43. The van der Waals surface area contributed by atoms with Gasteiger partial charge in [-0.1, -0.05) is 30.3 Å². The van der Waals surface area contributed by atoms with Crippen LogP contribution in [-0.4, -0.2) is 45.2 Å². The Labute approximate surface area is 148 Å². The van der Waals surface area contributed by atoms with Crippen molar-refractivity contribution in [3.8, 4) is 11.5 Å². The quantitative estimate of drug-likeness (QED) is 0.839. The maximum absolute atomic E-state index is 12.8. The molecule has 0 saturated heterocycles. The number of methoxy groups -OCH3 is 1. The third-order valence-corrected chi connectivity index (χ3v) is 4.56. The molecule has 1 aliphatic rings. The molecule has 1 amide bonds. The van der Waals surface area contributed by atoms with Crippen LogP contribution in [0.25, 0.3) is 0 Å². The summed E-state index contributed by atoms with van der Waals surface area (Å²) in [7, 11) is 5.74. The van der Waals surface area contributed by atoms with Gasteiger partial charge >= 0.3 is 0 Å². The molecule has 1 heterocycles. The highest BCUT2D eigenvalue weighted by atomic mass is 16.5. The molecule has 1 unspecified atom stereocenters.